The van der Waals surface area contributed by atoms with Crippen molar-refractivity contribution >= 4 is 11.6 Å². The molecule has 1 aliphatic heterocycles. The number of hydrogen-bond acceptors (Lipinski definition) is 4. The molecule has 1 aromatic rings. The standard InChI is InChI=1S/C15H26N4/c1-4-6-13-17-14(16-5-2)11-15(18-13)19-9-7-12(3)8-10-19/h11-12H,4-10H2,1-3H3,(H,16,17,18). The van der Waals surface area contributed by atoms with Gasteiger partial charge in [0.05, 0.1) is 0 Å². The van der Waals surface area contributed by atoms with Crippen molar-refractivity contribution in [1.29, 1.82) is 0 Å². The van der Waals surface area contributed by atoms with Gasteiger partial charge in [0.25, 0.3) is 0 Å². The van der Waals surface area contributed by atoms with E-state index in [0.717, 1.165) is 55.9 Å². The van der Waals surface area contributed by atoms with Gasteiger partial charge in [-0.3, -0.25) is 0 Å². The first-order valence-electron chi connectivity index (χ1n) is 7.59. The molecule has 0 aromatic carbocycles. The predicted octanol–water partition coefficient (Wildman–Crippen LogP) is 3.10. The lowest BCUT2D eigenvalue weighted by atomic mass is 9.99. The molecule has 1 saturated heterocycles. The zero-order chi connectivity index (χ0) is 13.7. The minimum atomic E-state index is 0.849. The summed E-state index contributed by atoms with van der Waals surface area (Å²) >= 11 is 0. The summed E-state index contributed by atoms with van der Waals surface area (Å²) in [5, 5.41) is 3.32. The first-order chi connectivity index (χ1) is 9.22. The van der Waals surface area contributed by atoms with Crippen LogP contribution in [0.5, 0.6) is 0 Å². The lowest BCUT2D eigenvalue weighted by Crippen LogP contribution is -2.33. The number of nitrogens with zero attached hydrogens (tertiary/aromatic N) is 3. The Morgan fingerprint density at radius 3 is 2.63 bits per heavy atom. The highest BCUT2D eigenvalue weighted by Crippen LogP contribution is 2.23. The topological polar surface area (TPSA) is 41.1 Å². The first kappa shape index (κ1) is 14.1. The summed E-state index contributed by atoms with van der Waals surface area (Å²) in [4.78, 5) is 11.7. The van der Waals surface area contributed by atoms with E-state index in [1.54, 1.807) is 0 Å². The molecule has 0 unspecified atom stereocenters. The Bertz CT molecular complexity index is 373. The summed E-state index contributed by atoms with van der Waals surface area (Å²) in [6.07, 6.45) is 4.58. The average Bonchev–Trinajstić information content (AvgIpc) is 2.40. The van der Waals surface area contributed by atoms with Crippen LogP contribution in [0.1, 0.15) is 45.9 Å². The molecule has 0 aliphatic carbocycles. The third-order valence-electron chi connectivity index (χ3n) is 3.70. The number of hydrogen-bond donors (Lipinski definition) is 1. The summed E-state index contributed by atoms with van der Waals surface area (Å²) < 4.78 is 0. The van der Waals surface area contributed by atoms with Crippen molar-refractivity contribution < 1.29 is 0 Å². The molecular formula is C15H26N4. The Balaban J connectivity index is 2.17. The molecule has 106 valence electrons. The molecule has 1 aromatic heterocycles. The summed E-state index contributed by atoms with van der Waals surface area (Å²) in [5.74, 6) is 3.88. The van der Waals surface area contributed by atoms with Gasteiger partial charge < -0.3 is 10.2 Å². The van der Waals surface area contributed by atoms with Gasteiger partial charge in [0.1, 0.15) is 17.5 Å². The van der Waals surface area contributed by atoms with Gasteiger partial charge >= 0.3 is 0 Å². The largest absolute Gasteiger partial charge is 0.370 e. The Hall–Kier alpha value is -1.32. The molecule has 2 rings (SSSR count). The molecule has 1 fully saturated rings. The van der Waals surface area contributed by atoms with Crippen LogP contribution < -0.4 is 10.2 Å². The number of anilines is 2. The van der Waals surface area contributed by atoms with Crippen LogP contribution in [0.3, 0.4) is 0 Å². The van der Waals surface area contributed by atoms with E-state index in [9.17, 15) is 0 Å². The fraction of sp³-hybridized carbons (Fsp3) is 0.733. The van der Waals surface area contributed by atoms with Gasteiger partial charge in [-0.25, -0.2) is 9.97 Å². The van der Waals surface area contributed by atoms with Crippen LogP contribution in [-0.4, -0.2) is 29.6 Å². The van der Waals surface area contributed by atoms with E-state index in [1.807, 2.05) is 0 Å². The predicted molar refractivity (Wildman–Crippen MR) is 80.8 cm³/mol. The Labute approximate surface area is 116 Å². The zero-order valence-electron chi connectivity index (χ0n) is 12.4. The maximum Gasteiger partial charge on any atom is 0.134 e. The minimum absolute atomic E-state index is 0.849. The molecule has 0 bridgehead atoms. The van der Waals surface area contributed by atoms with Crippen molar-refractivity contribution in [3.63, 3.8) is 0 Å². The van der Waals surface area contributed by atoms with Crippen LogP contribution in [0.15, 0.2) is 6.07 Å². The van der Waals surface area contributed by atoms with Crippen LogP contribution >= 0.6 is 0 Å². The van der Waals surface area contributed by atoms with Crippen molar-refractivity contribution in [1.82, 2.24) is 9.97 Å². The highest BCUT2D eigenvalue weighted by atomic mass is 15.2. The van der Waals surface area contributed by atoms with E-state index in [0.29, 0.717) is 0 Å². The molecule has 0 saturated carbocycles. The number of rotatable bonds is 5. The quantitative estimate of drug-likeness (QED) is 0.885. The van der Waals surface area contributed by atoms with Gasteiger partial charge in [0.15, 0.2) is 0 Å². The van der Waals surface area contributed by atoms with E-state index in [4.69, 9.17) is 4.98 Å². The van der Waals surface area contributed by atoms with E-state index in [1.165, 1.54) is 12.8 Å². The Kier molecular flexibility index (Phi) is 5.00. The molecule has 4 nitrogen and oxygen atoms in total. The van der Waals surface area contributed by atoms with Crippen molar-refractivity contribution in [3.05, 3.63) is 11.9 Å². The second-order valence-electron chi connectivity index (χ2n) is 5.48. The van der Waals surface area contributed by atoms with Gasteiger partial charge in [-0.1, -0.05) is 13.8 Å². The van der Waals surface area contributed by atoms with E-state index < -0.39 is 0 Å². The van der Waals surface area contributed by atoms with E-state index in [2.05, 4.69) is 42.0 Å². The number of piperidine rings is 1. The molecule has 0 amide bonds. The zero-order valence-corrected chi connectivity index (χ0v) is 12.4. The van der Waals surface area contributed by atoms with Crippen LogP contribution in [0.25, 0.3) is 0 Å². The maximum atomic E-state index is 4.73. The van der Waals surface area contributed by atoms with Gasteiger partial charge in [0.2, 0.25) is 0 Å². The van der Waals surface area contributed by atoms with Gasteiger partial charge in [-0.05, 0) is 32.1 Å². The SMILES string of the molecule is CCCc1nc(NCC)cc(N2CCC(C)CC2)n1. The summed E-state index contributed by atoms with van der Waals surface area (Å²) in [7, 11) is 0. The molecule has 0 spiro atoms. The minimum Gasteiger partial charge on any atom is -0.370 e. The van der Waals surface area contributed by atoms with Crippen LogP contribution in [0.2, 0.25) is 0 Å². The molecule has 4 heteroatoms. The number of aryl methyl sites for hydroxylation is 1. The molecule has 0 radical (unpaired) electrons. The summed E-state index contributed by atoms with van der Waals surface area (Å²) in [6.45, 7) is 9.75. The lowest BCUT2D eigenvalue weighted by Gasteiger charge is -2.31. The van der Waals surface area contributed by atoms with E-state index >= 15 is 0 Å². The first-order valence-corrected chi connectivity index (χ1v) is 7.59. The van der Waals surface area contributed by atoms with Crippen LogP contribution in [-0.2, 0) is 6.42 Å². The summed E-state index contributed by atoms with van der Waals surface area (Å²) in [6, 6.07) is 2.10. The lowest BCUT2D eigenvalue weighted by molar-refractivity contribution is 0.436. The van der Waals surface area contributed by atoms with E-state index in [-0.39, 0.29) is 0 Å². The van der Waals surface area contributed by atoms with Gasteiger partial charge in [0, 0.05) is 32.1 Å². The third-order valence-corrected chi connectivity index (χ3v) is 3.70. The fourth-order valence-electron chi connectivity index (χ4n) is 2.49. The van der Waals surface area contributed by atoms with Crippen molar-refractivity contribution in [2.75, 3.05) is 29.9 Å². The molecule has 1 N–H and O–H groups in total. The molecular weight excluding hydrogens is 236 g/mol. The molecule has 19 heavy (non-hydrogen) atoms. The van der Waals surface area contributed by atoms with Gasteiger partial charge in [-0.15, -0.1) is 0 Å². The highest BCUT2D eigenvalue weighted by Gasteiger charge is 2.18. The normalized spacial score (nSPS) is 16.7. The second kappa shape index (κ2) is 6.73. The smallest absolute Gasteiger partial charge is 0.134 e. The third kappa shape index (κ3) is 3.82. The Morgan fingerprint density at radius 2 is 2.00 bits per heavy atom. The number of aromatic nitrogens is 2. The highest BCUT2D eigenvalue weighted by molar-refractivity contribution is 5.49. The van der Waals surface area contributed by atoms with Crippen molar-refractivity contribution in [2.24, 2.45) is 5.92 Å². The van der Waals surface area contributed by atoms with Gasteiger partial charge in [-0.2, -0.15) is 0 Å². The average molecular weight is 262 g/mol. The van der Waals surface area contributed by atoms with Crippen LogP contribution in [0, 0.1) is 5.92 Å². The monoisotopic (exact) mass is 262 g/mol. The molecule has 0 atom stereocenters. The fourth-order valence-corrected chi connectivity index (χ4v) is 2.49. The van der Waals surface area contributed by atoms with Crippen molar-refractivity contribution in [3.8, 4) is 0 Å². The van der Waals surface area contributed by atoms with Crippen molar-refractivity contribution in [2.45, 2.75) is 46.5 Å². The summed E-state index contributed by atoms with van der Waals surface area (Å²) in [5.41, 5.74) is 0. The van der Waals surface area contributed by atoms with Crippen LogP contribution in [0.4, 0.5) is 11.6 Å². The Morgan fingerprint density at radius 1 is 1.26 bits per heavy atom. The molecule has 2 heterocycles. The number of nitrogens with one attached hydrogen (secondary N) is 1. The second-order valence-corrected chi connectivity index (χ2v) is 5.48. The maximum absolute atomic E-state index is 4.73. The molecule has 1 aliphatic rings.